The van der Waals surface area contributed by atoms with Crippen LogP contribution < -0.4 is 10.5 Å². The van der Waals surface area contributed by atoms with E-state index in [2.05, 4.69) is 15.9 Å². The van der Waals surface area contributed by atoms with Gasteiger partial charge < -0.3 is 15.6 Å². The minimum absolute atomic E-state index is 0.0472. The van der Waals surface area contributed by atoms with E-state index in [1.54, 1.807) is 6.07 Å². The number of hydrogen-bond acceptors (Lipinski definition) is 3. The quantitative estimate of drug-likeness (QED) is 0.857. The highest BCUT2D eigenvalue weighted by molar-refractivity contribution is 9.10. The zero-order valence-electron chi connectivity index (χ0n) is 8.27. The summed E-state index contributed by atoms with van der Waals surface area (Å²) >= 11 is 3.20. The largest absolute Gasteiger partial charge is 0.492 e. The second kappa shape index (κ2) is 5.50. The number of rotatable bonds is 5. The smallest absolute Gasteiger partial charge is 0.339 e. The van der Waals surface area contributed by atoms with Gasteiger partial charge in [0, 0.05) is 4.47 Å². The number of carboxylic acid groups (broad SMARTS) is 1. The van der Waals surface area contributed by atoms with Crippen LogP contribution in [-0.2, 0) is 4.79 Å². The molecule has 1 amide bonds. The first-order valence-corrected chi connectivity index (χ1v) is 5.24. The van der Waals surface area contributed by atoms with Crippen LogP contribution in [0.5, 0.6) is 5.75 Å². The SMILES string of the molecule is NC(=O)CCOc1cc(Br)ccc1C(=O)O. The van der Waals surface area contributed by atoms with Crippen molar-refractivity contribution >= 4 is 27.8 Å². The molecule has 6 heteroatoms. The van der Waals surface area contributed by atoms with Gasteiger partial charge in [-0.05, 0) is 18.2 Å². The van der Waals surface area contributed by atoms with Crippen LogP contribution in [0, 0.1) is 0 Å². The summed E-state index contributed by atoms with van der Waals surface area (Å²) in [6, 6.07) is 4.56. The highest BCUT2D eigenvalue weighted by atomic mass is 79.9. The van der Waals surface area contributed by atoms with Gasteiger partial charge in [0.05, 0.1) is 13.0 Å². The first-order valence-electron chi connectivity index (χ1n) is 4.44. The molecule has 0 aliphatic heterocycles. The van der Waals surface area contributed by atoms with Crippen molar-refractivity contribution in [2.24, 2.45) is 5.73 Å². The number of carbonyl (C=O) groups excluding carboxylic acids is 1. The van der Waals surface area contributed by atoms with Crippen LogP contribution >= 0.6 is 15.9 Å². The summed E-state index contributed by atoms with van der Waals surface area (Å²) in [4.78, 5) is 21.3. The molecule has 0 atom stereocenters. The molecule has 0 radical (unpaired) electrons. The summed E-state index contributed by atoms with van der Waals surface area (Å²) in [5.74, 6) is -1.36. The van der Waals surface area contributed by atoms with E-state index >= 15 is 0 Å². The molecule has 0 aliphatic carbocycles. The highest BCUT2D eigenvalue weighted by Crippen LogP contribution is 2.23. The number of benzene rings is 1. The number of amides is 1. The molecule has 86 valence electrons. The summed E-state index contributed by atoms with van der Waals surface area (Å²) in [5, 5.41) is 8.88. The van der Waals surface area contributed by atoms with Crippen molar-refractivity contribution < 1.29 is 19.4 Å². The van der Waals surface area contributed by atoms with Gasteiger partial charge in [0.25, 0.3) is 0 Å². The minimum atomic E-state index is -1.08. The van der Waals surface area contributed by atoms with Gasteiger partial charge in [0.15, 0.2) is 0 Å². The molecule has 1 aromatic carbocycles. The van der Waals surface area contributed by atoms with Crippen molar-refractivity contribution in [2.75, 3.05) is 6.61 Å². The van der Waals surface area contributed by atoms with E-state index in [9.17, 15) is 9.59 Å². The molecular formula is C10H10BrNO4. The number of hydrogen-bond donors (Lipinski definition) is 2. The summed E-state index contributed by atoms with van der Waals surface area (Å²) in [6.07, 6.45) is 0.0472. The van der Waals surface area contributed by atoms with Gasteiger partial charge in [0.1, 0.15) is 11.3 Å². The van der Waals surface area contributed by atoms with E-state index in [0.717, 1.165) is 0 Å². The van der Waals surface area contributed by atoms with Crippen molar-refractivity contribution in [1.82, 2.24) is 0 Å². The van der Waals surface area contributed by atoms with E-state index in [1.807, 2.05) is 0 Å². The Morgan fingerprint density at radius 3 is 2.69 bits per heavy atom. The molecule has 0 heterocycles. The number of aromatic carboxylic acids is 1. The number of ether oxygens (including phenoxy) is 1. The summed E-state index contributed by atoms with van der Waals surface area (Å²) in [5.41, 5.74) is 4.99. The van der Waals surface area contributed by atoms with Gasteiger partial charge in [-0.3, -0.25) is 4.79 Å². The normalized spacial score (nSPS) is 9.81. The lowest BCUT2D eigenvalue weighted by Crippen LogP contribution is -2.15. The molecule has 1 rings (SSSR count). The molecular weight excluding hydrogens is 278 g/mol. The van der Waals surface area contributed by atoms with Crippen LogP contribution in [0.15, 0.2) is 22.7 Å². The molecule has 0 aliphatic rings. The first kappa shape index (κ1) is 12.5. The van der Waals surface area contributed by atoms with Crippen molar-refractivity contribution in [3.63, 3.8) is 0 Å². The molecule has 0 saturated carbocycles. The molecule has 1 aromatic rings. The topological polar surface area (TPSA) is 89.6 Å². The van der Waals surface area contributed by atoms with Crippen molar-refractivity contribution in [1.29, 1.82) is 0 Å². The lowest BCUT2D eigenvalue weighted by molar-refractivity contribution is -0.118. The molecule has 3 N–H and O–H groups in total. The Labute approximate surface area is 100 Å². The van der Waals surface area contributed by atoms with Gasteiger partial charge in [-0.2, -0.15) is 0 Å². The Hall–Kier alpha value is -1.56. The molecule has 0 bridgehead atoms. The number of primary amides is 1. The average Bonchev–Trinajstić information content (AvgIpc) is 2.16. The molecule has 16 heavy (non-hydrogen) atoms. The van der Waals surface area contributed by atoms with Gasteiger partial charge in [-0.15, -0.1) is 0 Å². The predicted molar refractivity (Wildman–Crippen MR) is 60.4 cm³/mol. The predicted octanol–water partition coefficient (Wildman–Crippen LogP) is 1.40. The fraction of sp³-hybridized carbons (Fsp3) is 0.200. The second-order valence-electron chi connectivity index (χ2n) is 3.01. The van der Waals surface area contributed by atoms with E-state index < -0.39 is 11.9 Å². The van der Waals surface area contributed by atoms with Gasteiger partial charge in [-0.25, -0.2) is 4.79 Å². The number of nitrogens with two attached hydrogens (primary N) is 1. The third-order valence-corrected chi connectivity index (χ3v) is 2.27. The second-order valence-corrected chi connectivity index (χ2v) is 3.93. The maximum Gasteiger partial charge on any atom is 0.339 e. The van der Waals surface area contributed by atoms with Crippen LogP contribution in [0.2, 0.25) is 0 Å². The van der Waals surface area contributed by atoms with E-state index in [0.29, 0.717) is 4.47 Å². The molecule has 0 spiro atoms. The van der Waals surface area contributed by atoms with Gasteiger partial charge >= 0.3 is 5.97 Å². The van der Waals surface area contributed by atoms with E-state index in [1.165, 1.54) is 12.1 Å². The average molecular weight is 288 g/mol. The van der Waals surface area contributed by atoms with Gasteiger partial charge in [0.2, 0.25) is 5.91 Å². The summed E-state index contributed by atoms with van der Waals surface area (Å²) < 4.78 is 5.88. The fourth-order valence-corrected chi connectivity index (χ4v) is 1.39. The first-order chi connectivity index (χ1) is 7.50. The Morgan fingerprint density at radius 2 is 2.12 bits per heavy atom. The Morgan fingerprint density at radius 1 is 1.44 bits per heavy atom. The Balaban J connectivity index is 2.80. The van der Waals surface area contributed by atoms with E-state index in [-0.39, 0.29) is 24.3 Å². The van der Waals surface area contributed by atoms with Crippen LogP contribution in [0.25, 0.3) is 0 Å². The molecule has 0 aromatic heterocycles. The zero-order valence-corrected chi connectivity index (χ0v) is 9.86. The van der Waals surface area contributed by atoms with Crippen molar-refractivity contribution in [3.05, 3.63) is 28.2 Å². The maximum atomic E-state index is 10.8. The lowest BCUT2D eigenvalue weighted by atomic mass is 10.2. The molecule has 5 nitrogen and oxygen atoms in total. The summed E-state index contributed by atoms with van der Waals surface area (Å²) in [7, 11) is 0. The number of carbonyl (C=O) groups is 2. The third kappa shape index (κ3) is 3.54. The summed E-state index contributed by atoms with van der Waals surface area (Å²) in [6.45, 7) is 0.0616. The molecule has 0 fully saturated rings. The highest BCUT2D eigenvalue weighted by Gasteiger charge is 2.11. The number of carboxylic acids is 1. The maximum absolute atomic E-state index is 10.8. The third-order valence-electron chi connectivity index (χ3n) is 1.78. The monoisotopic (exact) mass is 287 g/mol. The van der Waals surface area contributed by atoms with Crippen LogP contribution in [-0.4, -0.2) is 23.6 Å². The molecule has 0 unspecified atom stereocenters. The van der Waals surface area contributed by atoms with Gasteiger partial charge in [-0.1, -0.05) is 15.9 Å². The van der Waals surface area contributed by atoms with Crippen molar-refractivity contribution in [2.45, 2.75) is 6.42 Å². The van der Waals surface area contributed by atoms with Crippen molar-refractivity contribution in [3.8, 4) is 5.75 Å². The van der Waals surface area contributed by atoms with Crippen LogP contribution in [0.3, 0.4) is 0 Å². The Kier molecular flexibility index (Phi) is 4.30. The fourth-order valence-electron chi connectivity index (χ4n) is 1.05. The zero-order chi connectivity index (χ0) is 12.1. The van der Waals surface area contributed by atoms with Crippen LogP contribution in [0.4, 0.5) is 0 Å². The lowest BCUT2D eigenvalue weighted by Gasteiger charge is -2.08. The minimum Gasteiger partial charge on any atom is -0.492 e. The number of halogens is 1. The Bertz CT molecular complexity index is 419. The standard InChI is InChI=1S/C10H10BrNO4/c11-6-1-2-7(10(14)15)8(5-6)16-4-3-9(12)13/h1-2,5H,3-4H2,(H2,12,13)(H,14,15). The molecule has 0 saturated heterocycles. The van der Waals surface area contributed by atoms with E-state index in [4.69, 9.17) is 15.6 Å². The van der Waals surface area contributed by atoms with Crippen LogP contribution in [0.1, 0.15) is 16.8 Å².